The Bertz CT molecular complexity index is 286. The van der Waals surface area contributed by atoms with Gasteiger partial charge in [-0.25, -0.2) is 0 Å². The Kier molecular flexibility index (Phi) is 3.62. The van der Waals surface area contributed by atoms with Gasteiger partial charge in [0.1, 0.15) is 12.4 Å². The molecule has 2 atom stereocenters. The minimum atomic E-state index is 0.759. The molecule has 0 spiro atoms. The maximum absolute atomic E-state index is 5.59. The monoisotopic (exact) mass is 205 g/mol. The summed E-state index contributed by atoms with van der Waals surface area (Å²) >= 11 is 0. The molecule has 2 heteroatoms. The number of ether oxygens (including phenoxy) is 1. The summed E-state index contributed by atoms with van der Waals surface area (Å²) in [5.41, 5.74) is 0. The Morgan fingerprint density at radius 1 is 1.33 bits per heavy atom. The molecule has 0 saturated heterocycles. The van der Waals surface area contributed by atoms with Gasteiger partial charge in [-0.15, -0.1) is 0 Å². The maximum Gasteiger partial charge on any atom is 0.119 e. The van der Waals surface area contributed by atoms with Crippen molar-refractivity contribution in [3.63, 3.8) is 0 Å². The smallest absolute Gasteiger partial charge is 0.119 e. The summed E-state index contributed by atoms with van der Waals surface area (Å²) in [7, 11) is 0. The third-order valence-corrected chi connectivity index (χ3v) is 2.97. The zero-order chi connectivity index (χ0) is 10.5. The highest BCUT2D eigenvalue weighted by Gasteiger charge is 2.34. The Morgan fingerprint density at radius 3 is 2.80 bits per heavy atom. The van der Waals surface area contributed by atoms with E-state index in [0.29, 0.717) is 0 Å². The lowest BCUT2D eigenvalue weighted by Gasteiger charge is -2.06. The van der Waals surface area contributed by atoms with Crippen LogP contribution in [-0.4, -0.2) is 19.2 Å². The standard InChI is InChI=1S/C13H19NO/c1-2-11-10-13(11)14-8-9-15-12-6-4-3-5-7-12/h3-7,11,13-14H,2,8-10H2,1H3. The van der Waals surface area contributed by atoms with Crippen LogP contribution >= 0.6 is 0 Å². The molecule has 0 bridgehead atoms. The fraction of sp³-hybridized carbons (Fsp3) is 0.538. The molecule has 1 fully saturated rings. The van der Waals surface area contributed by atoms with Crippen molar-refractivity contribution >= 4 is 0 Å². The van der Waals surface area contributed by atoms with Crippen molar-refractivity contribution in [2.24, 2.45) is 5.92 Å². The van der Waals surface area contributed by atoms with E-state index in [4.69, 9.17) is 4.74 Å². The van der Waals surface area contributed by atoms with Crippen LogP contribution in [0.25, 0.3) is 0 Å². The molecule has 1 aromatic rings. The fourth-order valence-corrected chi connectivity index (χ4v) is 1.88. The molecule has 1 saturated carbocycles. The molecule has 2 rings (SSSR count). The largest absolute Gasteiger partial charge is 0.492 e. The molecule has 1 aliphatic rings. The van der Waals surface area contributed by atoms with E-state index < -0.39 is 0 Å². The average Bonchev–Trinajstić information content (AvgIpc) is 3.05. The lowest BCUT2D eigenvalue weighted by Crippen LogP contribution is -2.24. The summed E-state index contributed by atoms with van der Waals surface area (Å²) in [5.74, 6) is 1.88. The van der Waals surface area contributed by atoms with Crippen LogP contribution in [0.1, 0.15) is 19.8 Å². The highest BCUT2D eigenvalue weighted by Crippen LogP contribution is 2.32. The lowest BCUT2D eigenvalue weighted by atomic mass is 10.3. The molecule has 82 valence electrons. The first-order chi connectivity index (χ1) is 7.40. The average molecular weight is 205 g/mol. The van der Waals surface area contributed by atoms with Crippen LogP contribution in [0.3, 0.4) is 0 Å². The number of nitrogens with one attached hydrogen (secondary N) is 1. The Morgan fingerprint density at radius 2 is 2.13 bits per heavy atom. The van der Waals surface area contributed by atoms with Gasteiger partial charge in [-0.2, -0.15) is 0 Å². The molecule has 1 N–H and O–H groups in total. The molecule has 2 nitrogen and oxygen atoms in total. The van der Waals surface area contributed by atoms with Crippen molar-refractivity contribution in [2.75, 3.05) is 13.2 Å². The third kappa shape index (κ3) is 3.24. The molecule has 0 radical (unpaired) electrons. The van der Waals surface area contributed by atoms with Gasteiger partial charge in [-0.3, -0.25) is 0 Å². The molecule has 0 aromatic heterocycles. The van der Waals surface area contributed by atoms with Gasteiger partial charge in [-0.1, -0.05) is 31.5 Å². The van der Waals surface area contributed by atoms with E-state index in [-0.39, 0.29) is 0 Å². The van der Waals surface area contributed by atoms with Crippen molar-refractivity contribution in [1.82, 2.24) is 5.32 Å². The highest BCUT2D eigenvalue weighted by molar-refractivity contribution is 5.20. The molecule has 1 aromatic carbocycles. The number of benzene rings is 1. The SMILES string of the molecule is CCC1CC1NCCOc1ccccc1. The second kappa shape index (κ2) is 5.17. The Labute approximate surface area is 91.6 Å². The van der Waals surface area contributed by atoms with Gasteiger partial charge in [0.05, 0.1) is 0 Å². The van der Waals surface area contributed by atoms with Crippen LogP contribution < -0.4 is 10.1 Å². The maximum atomic E-state index is 5.59. The predicted molar refractivity (Wildman–Crippen MR) is 62.1 cm³/mol. The molecular weight excluding hydrogens is 186 g/mol. The van der Waals surface area contributed by atoms with E-state index in [1.165, 1.54) is 12.8 Å². The number of hydrogen-bond donors (Lipinski definition) is 1. The molecule has 1 aliphatic carbocycles. The van der Waals surface area contributed by atoms with Crippen LogP contribution in [0.4, 0.5) is 0 Å². The van der Waals surface area contributed by atoms with E-state index in [2.05, 4.69) is 12.2 Å². The first-order valence-corrected chi connectivity index (χ1v) is 5.81. The van der Waals surface area contributed by atoms with Gasteiger partial charge in [-0.05, 0) is 24.5 Å². The van der Waals surface area contributed by atoms with Gasteiger partial charge in [0.2, 0.25) is 0 Å². The molecule has 0 heterocycles. The van der Waals surface area contributed by atoms with E-state index in [9.17, 15) is 0 Å². The van der Waals surface area contributed by atoms with E-state index in [1.807, 2.05) is 30.3 Å². The first kappa shape index (κ1) is 10.5. The van der Waals surface area contributed by atoms with E-state index in [0.717, 1.165) is 30.9 Å². The summed E-state index contributed by atoms with van der Waals surface area (Å²) in [4.78, 5) is 0. The third-order valence-electron chi connectivity index (χ3n) is 2.97. The number of para-hydroxylation sites is 1. The van der Waals surface area contributed by atoms with Gasteiger partial charge in [0.25, 0.3) is 0 Å². The minimum Gasteiger partial charge on any atom is -0.492 e. The van der Waals surface area contributed by atoms with Crippen molar-refractivity contribution in [2.45, 2.75) is 25.8 Å². The van der Waals surface area contributed by atoms with E-state index >= 15 is 0 Å². The van der Waals surface area contributed by atoms with Crippen molar-refractivity contribution < 1.29 is 4.74 Å². The molecule has 15 heavy (non-hydrogen) atoms. The molecule has 0 aliphatic heterocycles. The number of rotatable bonds is 6. The lowest BCUT2D eigenvalue weighted by molar-refractivity contribution is 0.312. The van der Waals surface area contributed by atoms with Gasteiger partial charge >= 0.3 is 0 Å². The summed E-state index contributed by atoms with van der Waals surface area (Å²) < 4.78 is 5.59. The molecular formula is C13H19NO. The zero-order valence-corrected chi connectivity index (χ0v) is 9.28. The second-order valence-electron chi connectivity index (χ2n) is 4.13. The summed E-state index contributed by atoms with van der Waals surface area (Å²) in [6.07, 6.45) is 2.65. The first-order valence-electron chi connectivity index (χ1n) is 5.81. The Hall–Kier alpha value is -1.02. The van der Waals surface area contributed by atoms with Gasteiger partial charge < -0.3 is 10.1 Å². The van der Waals surface area contributed by atoms with Crippen molar-refractivity contribution in [3.8, 4) is 5.75 Å². The van der Waals surface area contributed by atoms with Crippen molar-refractivity contribution in [3.05, 3.63) is 30.3 Å². The summed E-state index contributed by atoms with van der Waals surface area (Å²) in [6, 6.07) is 10.7. The van der Waals surface area contributed by atoms with Crippen LogP contribution in [0, 0.1) is 5.92 Å². The van der Waals surface area contributed by atoms with E-state index in [1.54, 1.807) is 0 Å². The number of hydrogen-bond acceptors (Lipinski definition) is 2. The normalized spacial score (nSPS) is 23.8. The minimum absolute atomic E-state index is 0.759. The predicted octanol–water partition coefficient (Wildman–Crippen LogP) is 2.45. The van der Waals surface area contributed by atoms with Crippen LogP contribution in [0.15, 0.2) is 30.3 Å². The van der Waals surface area contributed by atoms with Crippen LogP contribution in [0.5, 0.6) is 5.75 Å². The topological polar surface area (TPSA) is 21.3 Å². The molecule has 0 amide bonds. The van der Waals surface area contributed by atoms with Crippen molar-refractivity contribution in [1.29, 1.82) is 0 Å². The zero-order valence-electron chi connectivity index (χ0n) is 9.28. The van der Waals surface area contributed by atoms with Crippen LogP contribution in [-0.2, 0) is 0 Å². The van der Waals surface area contributed by atoms with Gasteiger partial charge in [0.15, 0.2) is 0 Å². The summed E-state index contributed by atoms with van der Waals surface area (Å²) in [5, 5.41) is 3.50. The fourth-order valence-electron chi connectivity index (χ4n) is 1.88. The second-order valence-corrected chi connectivity index (χ2v) is 4.13. The summed E-state index contributed by atoms with van der Waals surface area (Å²) in [6.45, 7) is 3.97. The highest BCUT2D eigenvalue weighted by atomic mass is 16.5. The van der Waals surface area contributed by atoms with Gasteiger partial charge in [0, 0.05) is 12.6 Å². The Balaban J connectivity index is 1.56. The quantitative estimate of drug-likeness (QED) is 0.720. The molecule has 2 unspecified atom stereocenters. The van der Waals surface area contributed by atoms with Crippen LogP contribution in [0.2, 0.25) is 0 Å².